The van der Waals surface area contributed by atoms with Crippen molar-refractivity contribution in [1.29, 1.82) is 0 Å². The van der Waals surface area contributed by atoms with Crippen molar-refractivity contribution in [2.45, 2.75) is 38.0 Å². The zero-order chi connectivity index (χ0) is 27.4. The fourth-order valence-electron chi connectivity index (χ4n) is 3.30. The lowest BCUT2D eigenvalue weighted by Crippen LogP contribution is -2.33. The molecule has 0 N–H and O–H groups in total. The van der Waals surface area contributed by atoms with E-state index in [0.717, 1.165) is 23.1 Å². The van der Waals surface area contributed by atoms with Crippen LogP contribution in [0.5, 0.6) is 0 Å². The molecule has 0 aromatic heterocycles. The fourth-order valence-corrected chi connectivity index (χ4v) is 3.92. The number of alkyl halides is 6. The summed E-state index contributed by atoms with van der Waals surface area (Å²) in [5.74, 6) is -3.40. The lowest BCUT2D eigenvalue weighted by molar-refractivity contribution is -0.148. The first kappa shape index (κ1) is 30.0. The number of halogens is 9. The summed E-state index contributed by atoms with van der Waals surface area (Å²) in [7, 11) is 1.22. The number of carbonyl (C=O) groups excluding carboxylic acids is 2. The summed E-state index contributed by atoms with van der Waals surface area (Å²) >= 11 is 17.6. The van der Waals surface area contributed by atoms with Gasteiger partial charge < -0.3 is 4.90 Å². The SMILES string of the molecule is Cc1cc(/C=C/C(c2cc(Cl)c(Cl)c(Cl)c2)C(F)(F)F)ccc1C(=O)CN(C)C(=O)CCC(F)(F)F. The minimum atomic E-state index is -4.66. The Bertz CT molecular complexity index is 1140. The van der Waals surface area contributed by atoms with Gasteiger partial charge in [0, 0.05) is 19.0 Å². The van der Waals surface area contributed by atoms with Crippen molar-refractivity contribution < 1.29 is 35.9 Å². The molecular weight excluding hydrogens is 555 g/mol. The number of hydrogen-bond donors (Lipinski definition) is 0. The molecule has 0 saturated carbocycles. The van der Waals surface area contributed by atoms with Gasteiger partial charge in [-0.1, -0.05) is 65.2 Å². The van der Waals surface area contributed by atoms with Crippen molar-refractivity contribution in [1.82, 2.24) is 4.90 Å². The van der Waals surface area contributed by atoms with E-state index in [1.54, 1.807) is 6.92 Å². The average Bonchev–Trinajstić information content (AvgIpc) is 2.74. The lowest BCUT2D eigenvalue weighted by Gasteiger charge is -2.19. The number of nitrogens with zero attached hydrogens (tertiary/aromatic N) is 1. The number of hydrogen-bond acceptors (Lipinski definition) is 2. The second kappa shape index (κ2) is 11.9. The van der Waals surface area contributed by atoms with E-state index < -0.39 is 49.3 Å². The second-order valence-corrected chi connectivity index (χ2v) is 9.23. The van der Waals surface area contributed by atoms with Gasteiger partial charge in [-0.3, -0.25) is 9.59 Å². The Labute approximate surface area is 218 Å². The molecule has 0 aliphatic heterocycles. The van der Waals surface area contributed by atoms with Crippen molar-refractivity contribution in [2.24, 2.45) is 0 Å². The number of carbonyl (C=O) groups is 2. The highest BCUT2D eigenvalue weighted by Gasteiger charge is 2.39. The number of rotatable bonds is 8. The van der Waals surface area contributed by atoms with Gasteiger partial charge in [0.15, 0.2) is 5.78 Å². The van der Waals surface area contributed by atoms with E-state index in [1.165, 1.54) is 31.3 Å². The Kier molecular flexibility index (Phi) is 9.90. The predicted molar refractivity (Wildman–Crippen MR) is 128 cm³/mol. The topological polar surface area (TPSA) is 37.4 Å². The van der Waals surface area contributed by atoms with Crippen molar-refractivity contribution in [3.05, 3.63) is 73.7 Å². The monoisotopic (exact) mass is 573 g/mol. The number of Topliss-reactive ketones (excluding diaryl/α,β-unsaturated/α-hetero) is 1. The maximum absolute atomic E-state index is 13.7. The molecule has 1 atom stereocenters. The van der Waals surface area contributed by atoms with Gasteiger partial charge >= 0.3 is 12.4 Å². The summed E-state index contributed by atoms with van der Waals surface area (Å²) < 4.78 is 78.1. The predicted octanol–water partition coefficient (Wildman–Crippen LogP) is 8.30. The molecule has 2 rings (SSSR count). The van der Waals surface area contributed by atoms with Crippen LogP contribution in [-0.2, 0) is 4.79 Å². The fraction of sp³-hybridized carbons (Fsp3) is 0.333. The smallest absolute Gasteiger partial charge is 0.338 e. The maximum atomic E-state index is 13.7. The Morgan fingerprint density at radius 3 is 2.08 bits per heavy atom. The van der Waals surface area contributed by atoms with Crippen molar-refractivity contribution in [2.75, 3.05) is 13.6 Å². The van der Waals surface area contributed by atoms with Crippen molar-refractivity contribution in [3.8, 4) is 0 Å². The minimum Gasteiger partial charge on any atom is -0.338 e. The summed E-state index contributed by atoms with van der Waals surface area (Å²) in [6.07, 6.45) is -9.08. The molecule has 1 unspecified atom stereocenters. The molecule has 3 nitrogen and oxygen atoms in total. The van der Waals surface area contributed by atoms with Crippen LogP contribution in [-0.4, -0.2) is 42.5 Å². The number of amides is 1. The largest absolute Gasteiger partial charge is 0.399 e. The number of aryl methyl sites for hydroxylation is 1. The van der Waals surface area contributed by atoms with E-state index >= 15 is 0 Å². The van der Waals surface area contributed by atoms with E-state index in [4.69, 9.17) is 34.8 Å². The third-order valence-corrected chi connectivity index (χ3v) is 6.38. The van der Waals surface area contributed by atoms with Gasteiger partial charge in [0.1, 0.15) is 0 Å². The summed E-state index contributed by atoms with van der Waals surface area (Å²) in [4.78, 5) is 25.3. The van der Waals surface area contributed by atoms with Crippen LogP contribution in [0.2, 0.25) is 15.1 Å². The molecule has 0 aliphatic carbocycles. The third-order valence-electron chi connectivity index (χ3n) is 5.18. The lowest BCUT2D eigenvalue weighted by atomic mass is 9.96. The number of allylic oxidation sites excluding steroid dienone is 1. The zero-order valence-corrected chi connectivity index (χ0v) is 21.2. The average molecular weight is 575 g/mol. The van der Waals surface area contributed by atoms with E-state index in [2.05, 4.69) is 0 Å². The molecule has 36 heavy (non-hydrogen) atoms. The molecule has 1 amide bonds. The molecule has 12 heteroatoms. The molecular formula is C24H20Cl3F6NO2. The highest BCUT2D eigenvalue weighted by molar-refractivity contribution is 6.48. The quantitative estimate of drug-likeness (QED) is 0.181. The van der Waals surface area contributed by atoms with E-state index in [-0.39, 0.29) is 26.2 Å². The van der Waals surface area contributed by atoms with Gasteiger partial charge in [0.05, 0.1) is 34.0 Å². The maximum Gasteiger partial charge on any atom is 0.399 e. The van der Waals surface area contributed by atoms with Crippen molar-refractivity contribution in [3.63, 3.8) is 0 Å². The third kappa shape index (κ3) is 8.42. The standard InChI is InChI=1S/C24H20Cl3F6NO2/c1-13-9-14(3-5-16(13)20(35)12-34(2)21(36)7-8-23(28,29)30)4-6-17(24(31,32)33)15-10-18(25)22(27)19(26)11-15/h3-6,9-11,17H,7-8,12H2,1-2H3/b6-4+. The molecule has 2 aromatic carbocycles. The summed E-state index contributed by atoms with van der Waals surface area (Å²) in [6, 6.07) is 6.43. The van der Waals surface area contributed by atoms with Gasteiger partial charge in [-0.2, -0.15) is 26.3 Å². The van der Waals surface area contributed by atoms with Crippen LogP contribution in [0.4, 0.5) is 26.3 Å². The number of ketones is 1. The molecule has 0 aliphatic rings. The van der Waals surface area contributed by atoms with Gasteiger partial charge in [-0.15, -0.1) is 0 Å². The Morgan fingerprint density at radius 1 is 1.00 bits per heavy atom. The first-order valence-electron chi connectivity index (χ1n) is 10.3. The Morgan fingerprint density at radius 2 is 1.58 bits per heavy atom. The molecule has 2 aromatic rings. The van der Waals surface area contributed by atoms with Gasteiger partial charge in [-0.05, 0) is 35.7 Å². The zero-order valence-electron chi connectivity index (χ0n) is 18.9. The molecule has 0 bridgehead atoms. The highest BCUT2D eigenvalue weighted by atomic mass is 35.5. The Hall–Kier alpha value is -2.23. The number of benzene rings is 2. The van der Waals surface area contributed by atoms with Gasteiger partial charge in [0.25, 0.3) is 0 Å². The van der Waals surface area contributed by atoms with Crippen LogP contribution in [0.15, 0.2) is 36.4 Å². The van der Waals surface area contributed by atoms with Crippen LogP contribution in [0.25, 0.3) is 6.08 Å². The van der Waals surface area contributed by atoms with E-state index in [9.17, 15) is 35.9 Å². The van der Waals surface area contributed by atoms with E-state index in [0.29, 0.717) is 11.1 Å². The first-order valence-corrected chi connectivity index (χ1v) is 11.5. The molecule has 0 radical (unpaired) electrons. The van der Waals surface area contributed by atoms with E-state index in [1.807, 2.05) is 0 Å². The molecule has 0 saturated heterocycles. The first-order chi connectivity index (χ1) is 16.5. The van der Waals surface area contributed by atoms with Crippen LogP contribution in [0.1, 0.15) is 45.8 Å². The number of likely N-dealkylation sites (N-methyl/N-ethyl adjacent to an activating group) is 1. The van der Waals surface area contributed by atoms with Gasteiger partial charge in [-0.25, -0.2) is 0 Å². The molecule has 196 valence electrons. The van der Waals surface area contributed by atoms with Crippen LogP contribution >= 0.6 is 34.8 Å². The minimum absolute atomic E-state index is 0.0597. The van der Waals surface area contributed by atoms with Crippen molar-refractivity contribution >= 4 is 52.6 Å². The highest BCUT2D eigenvalue weighted by Crippen LogP contribution is 2.41. The molecule has 0 spiro atoms. The summed E-state index contributed by atoms with van der Waals surface area (Å²) in [5.41, 5.74) is 0.754. The normalized spacial score (nSPS) is 13.2. The molecule has 0 heterocycles. The molecule has 0 fully saturated rings. The van der Waals surface area contributed by atoms with Crippen LogP contribution in [0.3, 0.4) is 0 Å². The van der Waals surface area contributed by atoms with Gasteiger partial charge in [0.2, 0.25) is 5.91 Å². The second-order valence-electron chi connectivity index (χ2n) is 8.04. The Balaban J connectivity index is 2.19. The summed E-state index contributed by atoms with van der Waals surface area (Å²) in [5, 5.41) is -0.305. The van der Waals surface area contributed by atoms with Crippen LogP contribution < -0.4 is 0 Å². The summed E-state index contributed by atoms with van der Waals surface area (Å²) in [6.45, 7) is 1.11. The van der Waals surface area contributed by atoms with Crippen LogP contribution in [0, 0.1) is 6.92 Å².